The predicted molar refractivity (Wildman–Crippen MR) is 102 cm³/mol. The molecule has 0 aliphatic carbocycles. The van der Waals surface area contributed by atoms with Crippen molar-refractivity contribution in [3.63, 3.8) is 0 Å². The van der Waals surface area contributed by atoms with Crippen molar-refractivity contribution >= 4 is 28.5 Å². The van der Waals surface area contributed by atoms with Crippen LogP contribution in [-0.2, 0) is 30.3 Å². The normalized spacial score (nSPS) is 12.4. The molecular formula is C21H25NO5. The second-order valence-corrected chi connectivity index (χ2v) is 7.34. The minimum absolute atomic E-state index is 0.0515. The van der Waals surface area contributed by atoms with Crippen LogP contribution in [-0.4, -0.2) is 36.0 Å². The fourth-order valence-corrected chi connectivity index (χ4v) is 2.59. The lowest BCUT2D eigenvalue weighted by molar-refractivity contribution is -0.156. The van der Waals surface area contributed by atoms with Crippen LogP contribution >= 0.6 is 0 Å². The van der Waals surface area contributed by atoms with E-state index in [4.69, 9.17) is 15.2 Å². The Labute approximate surface area is 158 Å². The second kappa shape index (κ2) is 8.77. The molecule has 2 rings (SSSR count). The van der Waals surface area contributed by atoms with E-state index in [0.717, 1.165) is 16.3 Å². The number of esters is 2. The van der Waals surface area contributed by atoms with Crippen LogP contribution in [0.1, 0.15) is 32.8 Å². The number of rotatable bonds is 7. The van der Waals surface area contributed by atoms with Gasteiger partial charge >= 0.3 is 11.9 Å². The molecule has 0 saturated carbocycles. The van der Waals surface area contributed by atoms with Gasteiger partial charge in [-0.15, -0.1) is 0 Å². The number of benzene rings is 2. The van der Waals surface area contributed by atoms with Crippen molar-refractivity contribution in [2.24, 2.45) is 5.73 Å². The lowest BCUT2D eigenvalue weighted by Gasteiger charge is -2.20. The van der Waals surface area contributed by atoms with E-state index in [0.29, 0.717) is 0 Å². The zero-order valence-electron chi connectivity index (χ0n) is 15.9. The van der Waals surface area contributed by atoms with Crippen molar-refractivity contribution in [3.05, 3.63) is 48.0 Å². The van der Waals surface area contributed by atoms with Gasteiger partial charge in [-0.2, -0.15) is 0 Å². The maximum Gasteiger partial charge on any atom is 0.310 e. The summed E-state index contributed by atoms with van der Waals surface area (Å²) in [4.78, 5) is 35.8. The van der Waals surface area contributed by atoms with Crippen LogP contribution in [0, 0.1) is 0 Å². The molecule has 2 aromatic carbocycles. The number of hydrogen-bond donors (Lipinski definition) is 1. The summed E-state index contributed by atoms with van der Waals surface area (Å²) >= 11 is 0. The van der Waals surface area contributed by atoms with Crippen LogP contribution in [0.15, 0.2) is 42.5 Å². The number of ether oxygens (including phenoxy) is 2. The quantitative estimate of drug-likeness (QED) is 0.752. The van der Waals surface area contributed by atoms with Crippen molar-refractivity contribution in [1.29, 1.82) is 0 Å². The average Bonchev–Trinajstić information content (AvgIpc) is 2.58. The number of fused-ring (bicyclic) bond motifs is 1. The Morgan fingerprint density at radius 1 is 1.00 bits per heavy atom. The molecule has 0 heterocycles. The van der Waals surface area contributed by atoms with Gasteiger partial charge in [0.2, 0.25) is 0 Å². The van der Waals surface area contributed by atoms with Crippen molar-refractivity contribution in [1.82, 2.24) is 0 Å². The summed E-state index contributed by atoms with van der Waals surface area (Å²) in [6.45, 7) is 4.72. The van der Waals surface area contributed by atoms with Crippen molar-refractivity contribution < 1.29 is 23.9 Å². The highest BCUT2D eigenvalue weighted by atomic mass is 16.6. The van der Waals surface area contributed by atoms with Crippen LogP contribution in [0.3, 0.4) is 0 Å². The fraction of sp³-hybridized carbons (Fsp3) is 0.381. The van der Waals surface area contributed by atoms with Crippen LogP contribution in [0.4, 0.5) is 0 Å². The Balaban J connectivity index is 1.85. The monoisotopic (exact) mass is 371 g/mol. The predicted octanol–water partition coefficient (Wildman–Crippen LogP) is 2.55. The topological polar surface area (TPSA) is 95.7 Å². The van der Waals surface area contributed by atoms with E-state index >= 15 is 0 Å². The molecule has 0 spiro atoms. The molecule has 1 atom stereocenters. The Bertz CT molecular complexity index is 833. The van der Waals surface area contributed by atoms with Gasteiger partial charge in [-0.25, -0.2) is 0 Å². The summed E-state index contributed by atoms with van der Waals surface area (Å²) < 4.78 is 10.2. The smallest absolute Gasteiger partial charge is 0.310 e. The summed E-state index contributed by atoms with van der Waals surface area (Å²) in [5, 5.41) is 1.99. The third kappa shape index (κ3) is 6.49. The number of hydrogen-bond acceptors (Lipinski definition) is 6. The maximum absolute atomic E-state index is 12.1. The van der Waals surface area contributed by atoms with Crippen LogP contribution < -0.4 is 5.73 Å². The van der Waals surface area contributed by atoms with E-state index in [-0.39, 0.29) is 12.8 Å². The van der Waals surface area contributed by atoms with Crippen LogP contribution in [0.25, 0.3) is 10.8 Å². The number of nitrogens with two attached hydrogens (primary N) is 1. The fourth-order valence-electron chi connectivity index (χ4n) is 2.59. The summed E-state index contributed by atoms with van der Waals surface area (Å²) in [5.74, 6) is -1.61. The first-order valence-electron chi connectivity index (χ1n) is 8.78. The van der Waals surface area contributed by atoms with Gasteiger partial charge in [-0.1, -0.05) is 42.5 Å². The summed E-state index contributed by atoms with van der Waals surface area (Å²) in [6.07, 6.45) is -0.201. The Hall–Kier alpha value is -2.73. The second-order valence-electron chi connectivity index (χ2n) is 7.34. The first-order chi connectivity index (χ1) is 12.7. The van der Waals surface area contributed by atoms with E-state index in [1.54, 1.807) is 20.8 Å². The molecule has 27 heavy (non-hydrogen) atoms. The lowest BCUT2D eigenvalue weighted by Crippen LogP contribution is -2.38. The number of Topliss-reactive ketones (excluding diaryl/α,β-unsaturated/α-hetero) is 1. The Morgan fingerprint density at radius 2 is 1.67 bits per heavy atom. The zero-order valence-corrected chi connectivity index (χ0v) is 15.9. The molecule has 2 aromatic rings. The van der Waals surface area contributed by atoms with E-state index in [2.05, 4.69) is 0 Å². The highest BCUT2D eigenvalue weighted by Crippen LogP contribution is 2.19. The van der Waals surface area contributed by atoms with Gasteiger partial charge < -0.3 is 15.2 Å². The standard InChI is InChI=1S/C21H25NO5/c1-21(2,3)27-20(25)12-17(22)18(23)13-26-19(24)11-15-9-6-8-14-7-4-5-10-16(14)15/h4-10,17H,11-13,22H2,1-3H3. The summed E-state index contributed by atoms with van der Waals surface area (Å²) in [6, 6.07) is 12.3. The summed E-state index contributed by atoms with van der Waals surface area (Å²) in [7, 11) is 0. The zero-order chi connectivity index (χ0) is 20.0. The van der Waals surface area contributed by atoms with Crippen LogP contribution in [0.5, 0.6) is 0 Å². The molecule has 6 nitrogen and oxygen atoms in total. The molecule has 0 amide bonds. The third-order valence-electron chi connectivity index (χ3n) is 3.81. The van der Waals surface area contributed by atoms with Crippen molar-refractivity contribution in [2.45, 2.75) is 45.3 Å². The molecule has 0 aromatic heterocycles. The molecule has 6 heteroatoms. The van der Waals surface area contributed by atoms with E-state index in [1.165, 1.54) is 0 Å². The van der Waals surface area contributed by atoms with E-state index < -0.39 is 36.0 Å². The molecule has 0 radical (unpaired) electrons. The minimum atomic E-state index is -1.06. The van der Waals surface area contributed by atoms with Gasteiger partial charge in [0.25, 0.3) is 0 Å². The van der Waals surface area contributed by atoms with Gasteiger partial charge in [0.15, 0.2) is 12.4 Å². The number of ketones is 1. The van der Waals surface area contributed by atoms with Gasteiger partial charge in [0, 0.05) is 0 Å². The van der Waals surface area contributed by atoms with Gasteiger partial charge in [-0.3, -0.25) is 14.4 Å². The third-order valence-corrected chi connectivity index (χ3v) is 3.81. The van der Waals surface area contributed by atoms with Crippen molar-refractivity contribution in [2.75, 3.05) is 6.61 Å². The van der Waals surface area contributed by atoms with Gasteiger partial charge in [0.1, 0.15) is 5.60 Å². The van der Waals surface area contributed by atoms with Crippen LogP contribution in [0.2, 0.25) is 0 Å². The SMILES string of the molecule is CC(C)(C)OC(=O)CC(N)C(=O)COC(=O)Cc1cccc2ccccc12. The molecule has 0 aliphatic rings. The number of carbonyl (C=O) groups excluding carboxylic acids is 3. The largest absolute Gasteiger partial charge is 0.460 e. The molecule has 2 N–H and O–H groups in total. The molecule has 0 fully saturated rings. The van der Waals surface area contributed by atoms with Gasteiger partial charge in [-0.05, 0) is 37.1 Å². The molecule has 0 bridgehead atoms. The molecular weight excluding hydrogens is 346 g/mol. The first kappa shape index (κ1) is 20.6. The Morgan fingerprint density at radius 3 is 2.37 bits per heavy atom. The highest BCUT2D eigenvalue weighted by Gasteiger charge is 2.23. The Kier molecular flexibility index (Phi) is 6.69. The molecule has 0 saturated heterocycles. The molecule has 1 unspecified atom stereocenters. The van der Waals surface area contributed by atoms with E-state index in [9.17, 15) is 14.4 Å². The first-order valence-corrected chi connectivity index (χ1v) is 8.78. The average molecular weight is 371 g/mol. The maximum atomic E-state index is 12.1. The highest BCUT2D eigenvalue weighted by molar-refractivity contribution is 5.92. The van der Waals surface area contributed by atoms with Crippen molar-refractivity contribution in [3.8, 4) is 0 Å². The summed E-state index contributed by atoms with van der Waals surface area (Å²) in [5.41, 5.74) is 5.88. The molecule has 0 aliphatic heterocycles. The van der Waals surface area contributed by atoms with E-state index in [1.807, 2.05) is 42.5 Å². The van der Waals surface area contributed by atoms with Gasteiger partial charge in [0.05, 0.1) is 18.9 Å². The lowest BCUT2D eigenvalue weighted by atomic mass is 10.0. The number of carbonyl (C=O) groups is 3. The molecule has 144 valence electrons. The minimum Gasteiger partial charge on any atom is -0.460 e.